The Morgan fingerprint density at radius 3 is 1.97 bits per heavy atom. The molecular formula is C25H25F6N3O2. The van der Waals surface area contributed by atoms with E-state index in [4.69, 9.17) is 4.74 Å². The van der Waals surface area contributed by atoms with Crippen molar-refractivity contribution in [2.75, 3.05) is 23.0 Å². The van der Waals surface area contributed by atoms with Gasteiger partial charge in [0.05, 0.1) is 41.2 Å². The van der Waals surface area contributed by atoms with Crippen molar-refractivity contribution in [2.24, 2.45) is 0 Å². The SMILES string of the molecule is CCOC(=O)N1c2cc(C)c(C)cc2N([C@@H](C#N)c2cc(C(F)(F)F)cc(C(F)(F)F)c2)C[C@H]1CC. The predicted octanol–water partition coefficient (Wildman–Crippen LogP) is 7.17. The molecule has 1 heterocycles. The van der Waals surface area contributed by atoms with Gasteiger partial charge in [-0.05, 0) is 74.2 Å². The van der Waals surface area contributed by atoms with Gasteiger partial charge in [0.1, 0.15) is 6.04 Å². The molecule has 0 aromatic heterocycles. The van der Waals surface area contributed by atoms with E-state index < -0.39 is 47.2 Å². The Labute approximate surface area is 204 Å². The molecule has 0 N–H and O–H groups in total. The largest absolute Gasteiger partial charge is 0.449 e. The second-order valence-corrected chi connectivity index (χ2v) is 8.58. The van der Waals surface area contributed by atoms with Crippen LogP contribution < -0.4 is 9.80 Å². The van der Waals surface area contributed by atoms with Crippen molar-refractivity contribution in [1.29, 1.82) is 5.26 Å². The van der Waals surface area contributed by atoms with E-state index in [1.165, 1.54) is 9.80 Å². The zero-order valence-corrected chi connectivity index (χ0v) is 20.1. The Bertz CT molecular complexity index is 1150. The van der Waals surface area contributed by atoms with Crippen LogP contribution in [0.1, 0.15) is 54.1 Å². The van der Waals surface area contributed by atoms with Crippen molar-refractivity contribution in [3.05, 3.63) is 58.1 Å². The van der Waals surface area contributed by atoms with Gasteiger partial charge in [-0.1, -0.05) is 6.92 Å². The van der Waals surface area contributed by atoms with Crippen LogP contribution in [0.25, 0.3) is 0 Å². The first-order chi connectivity index (χ1) is 16.7. The van der Waals surface area contributed by atoms with Crippen molar-refractivity contribution in [1.82, 2.24) is 0 Å². The second kappa shape index (κ2) is 9.91. The predicted molar refractivity (Wildman–Crippen MR) is 122 cm³/mol. The van der Waals surface area contributed by atoms with E-state index in [1.807, 2.05) is 13.0 Å². The highest BCUT2D eigenvalue weighted by molar-refractivity contribution is 5.95. The number of nitriles is 1. The lowest BCUT2D eigenvalue weighted by Gasteiger charge is -2.44. The van der Waals surface area contributed by atoms with Crippen molar-refractivity contribution >= 4 is 17.5 Å². The minimum Gasteiger partial charge on any atom is -0.449 e. The molecule has 36 heavy (non-hydrogen) atoms. The lowest BCUT2D eigenvalue weighted by Crippen LogP contribution is -2.52. The van der Waals surface area contributed by atoms with Crippen LogP contribution in [0.4, 0.5) is 42.5 Å². The van der Waals surface area contributed by atoms with Gasteiger partial charge in [0, 0.05) is 6.54 Å². The molecule has 0 saturated heterocycles. The van der Waals surface area contributed by atoms with E-state index in [0.29, 0.717) is 29.9 Å². The summed E-state index contributed by atoms with van der Waals surface area (Å²) in [5.41, 5.74) is -1.13. The lowest BCUT2D eigenvalue weighted by molar-refractivity contribution is -0.143. The quantitative estimate of drug-likeness (QED) is 0.407. The number of aryl methyl sites for hydroxylation is 2. The van der Waals surface area contributed by atoms with Gasteiger partial charge in [-0.2, -0.15) is 31.6 Å². The first-order valence-electron chi connectivity index (χ1n) is 11.3. The van der Waals surface area contributed by atoms with Crippen LogP contribution in [0.2, 0.25) is 0 Å². The van der Waals surface area contributed by atoms with E-state index >= 15 is 0 Å². The van der Waals surface area contributed by atoms with Crippen molar-refractivity contribution < 1.29 is 35.9 Å². The molecule has 5 nitrogen and oxygen atoms in total. The summed E-state index contributed by atoms with van der Waals surface area (Å²) in [7, 11) is 0. The zero-order chi connectivity index (χ0) is 27.0. The topological polar surface area (TPSA) is 56.6 Å². The van der Waals surface area contributed by atoms with Crippen LogP contribution in [0.3, 0.4) is 0 Å². The fourth-order valence-electron chi connectivity index (χ4n) is 4.27. The number of anilines is 2. The van der Waals surface area contributed by atoms with Gasteiger partial charge in [0.2, 0.25) is 0 Å². The van der Waals surface area contributed by atoms with Crippen LogP contribution in [0.5, 0.6) is 0 Å². The molecule has 1 aliphatic rings. The Balaban J connectivity index is 2.24. The molecule has 2 aromatic carbocycles. The number of halogens is 6. The van der Waals surface area contributed by atoms with Crippen molar-refractivity contribution in [3.8, 4) is 6.07 Å². The third-order valence-electron chi connectivity index (χ3n) is 6.23. The monoisotopic (exact) mass is 513 g/mol. The van der Waals surface area contributed by atoms with E-state index in [-0.39, 0.29) is 19.2 Å². The smallest absolute Gasteiger partial charge is 0.416 e. The van der Waals surface area contributed by atoms with Crippen molar-refractivity contribution in [3.63, 3.8) is 0 Å². The molecule has 2 aromatic rings. The summed E-state index contributed by atoms with van der Waals surface area (Å²) in [6, 6.07) is 4.43. The summed E-state index contributed by atoms with van der Waals surface area (Å²) < 4.78 is 86.1. The number of hydrogen-bond donors (Lipinski definition) is 0. The molecule has 1 amide bonds. The summed E-state index contributed by atoms with van der Waals surface area (Å²) in [6.45, 7) is 7.13. The van der Waals surface area contributed by atoms with E-state index in [0.717, 1.165) is 11.1 Å². The molecule has 11 heteroatoms. The van der Waals surface area contributed by atoms with Crippen LogP contribution in [-0.2, 0) is 17.1 Å². The molecule has 0 fully saturated rings. The molecule has 0 bridgehead atoms. The highest BCUT2D eigenvalue weighted by Crippen LogP contribution is 2.44. The van der Waals surface area contributed by atoms with Crippen LogP contribution in [0.15, 0.2) is 30.3 Å². The molecule has 194 valence electrons. The molecule has 2 atom stereocenters. The van der Waals surface area contributed by atoms with Gasteiger partial charge < -0.3 is 9.64 Å². The minimum absolute atomic E-state index is 0.000634. The number of benzene rings is 2. The maximum absolute atomic E-state index is 13.5. The maximum Gasteiger partial charge on any atom is 0.416 e. The fourth-order valence-corrected chi connectivity index (χ4v) is 4.27. The van der Waals surface area contributed by atoms with Crippen LogP contribution >= 0.6 is 0 Å². The summed E-state index contributed by atoms with van der Waals surface area (Å²) in [5, 5.41) is 10.0. The minimum atomic E-state index is -5.05. The van der Waals surface area contributed by atoms with E-state index in [2.05, 4.69) is 0 Å². The second-order valence-electron chi connectivity index (χ2n) is 8.58. The summed E-state index contributed by atoms with van der Waals surface area (Å²) in [4.78, 5) is 15.7. The number of ether oxygens (including phenoxy) is 1. The summed E-state index contributed by atoms with van der Waals surface area (Å²) in [5.74, 6) is 0. The molecule has 0 saturated carbocycles. The molecule has 0 radical (unpaired) electrons. The highest BCUT2D eigenvalue weighted by atomic mass is 19.4. The van der Waals surface area contributed by atoms with Gasteiger partial charge in [0.25, 0.3) is 0 Å². The number of fused-ring (bicyclic) bond motifs is 1. The summed E-state index contributed by atoms with van der Waals surface area (Å²) in [6.07, 6.45) is -10.3. The number of carbonyl (C=O) groups excluding carboxylic acids is 1. The van der Waals surface area contributed by atoms with Crippen LogP contribution in [-0.4, -0.2) is 25.3 Å². The molecule has 3 rings (SSSR count). The molecule has 1 aliphatic heterocycles. The lowest BCUT2D eigenvalue weighted by atomic mass is 9.95. The maximum atomic E-state index is 13.5. The van der Waals surface area contributed by atoms with Gasteiger partial charge >= 0.3 is 18.4 Å². The van der Waals surface area contributed by atoms with Crippen molar-refractivity contribution in [2.45, 2.75) is 58.6 Å². The Hall–Kier alpha value is -3.42. The Kier molecular flexibility index (Phi) is 7.48. The zero-order valence-electron chi connectivity index (χ0n) is 20.1. The number of amides is 1. The first kappa shape index (κ1) is 27.2. The number of alkyl halides is 6. The van der Waals surface area contributed by atoms with Gasteiger partial charge in [-0.3, -0.25) is 4.90 Å². The number of rotatable bonds is 4. The standard InChI is InChI=1S/C25H25F6N3O2/c1-5-19-13-33(20-7-14(3)15(4)8-21(20)34(19)23(35)36-6-2)22(12-32)16-9-17(24(26,27)28)11-18(10-16)25(29,30)31/h7-11,19,22H,5-6,13H2,1-4H3/t19-,22+/m1/s1. The number of hydrogen-bond acceptors (Lipinski definition) is 4. The molecule has 0 spiro atoms. The van der Waals surface area contributed by atoms with E-state index in [1.54, 1.807) is 32.9 Å². The average Bonchev–Trinajstić information content (AvgIpc) is 2.79. The molecule has 0 aliphatic carbocycles. The van der Waals surface area contributed by atoms with Gasteiger partial charge in [-0.25, -0.2) is 4.79 Å². The highest BCUT2D eigenvalue weighted by Gasteiger charge is 2.41. The normalized spacial score (nSPS) is 16.9. The third-order valence-corrected chi connectivity index (χ3v) is 6.23. The first-order valence-corrected chi connectivity index (χ1v) is 11.3. The molecule has 0 unspecified atom stereocenters. The number of nitrogens with zero attached hydrogens (tertiary/aromatic N) is 3. The third kappa shape index (κ3) is 5.22. The number of carbonyl (C=O) groups is 1. The Morgan fingerprint density at radius 2 is 1.53 bits per heavy atom. The van der Waals surface area contributed by atoms with Gasteiger partial charge in [-0.15, -0.1) is 0 Å². The summed E-state index contributed by atoms with van der Waals surface area (Å²) >= 11 is 0. The Morgan fingerprint density at radius 1 is 1.00 bits per heavy atom. The van der Waals surface area contributed by atoms with Crippen LogP contribution in [0, 0.1) is 25.2 Å². The van der Waals surface area contributed by atoms with Gasteiger partial charge in [0.15, 0.2) is 0 Å². The van der Waals surface area contributed by atoms with E-state index in [9.17, 15) is 36.4 Å². The average molecular weight is 513 g/mol. The fraction of sp³-hybridized carbons (Fsp3) is 0.440. The molecular weight excluding hydrogens is 488 g/mol.